The van der Waals surface area contributed by atoms with E-state index in [0.717, 1.165) is 4.91 Å². The zero-order valence-electron chi connectivity index (χ0n) is 14.7. The van der Waals surface area contributed by atoms with Crippen molar-refractivity contribution in [2.24, 2.45) is 4.76 Å². The van der Waals surface area contributed by atoms with E-state index in [2.05, 4.69) is 82.5 Å². The summed E-state index contributed by atoms with van der Waals surface area (Å²) in [6.07, 6.45) is 0. The predicted octanol–water partition coefficient (Wildman–Crippen LogP) is 5.03. The van der Waals surface area contributed by atoms with E-state index in [1.165, 1.54) is 16.7 Å². The molecule has 2 nitrogen and oxygen atoms in total. The van der Waals surface area contributed by atoms with Crippen molar-refractivity contribution in [1.82, 2.24) is 0 Å². The van der Waals surface area contributed by atoms with E-state index < -0.39 is 16.1 Å². The summed E-state index contributed by atoms with van der Waals surface area (Å²) >= 11 is 0. The summed E-state index contributed by atoms with van der Waals surface area (Å²) in [7, 11) is 1.65. The summed E-state index contributed by atoms with van der Waals surface area (Å²) in [6, 6.07) is 8.92. The van der Waals surface area contributed by atoms with Gasteiger partial charge in [0.2, 0.25) is 0 Å². The summed E-state index contributed by atoms with van der Waals surface area (Å²) in [6.45, 7) is 15.2. The molecule has 0 spiro atoms. The molecule has 1 aliphatic heterocycles. The minimum Gasteiger partial charge on any atom is -0.378 e. The van der Waals surface area contributed by atoms with Crippen molar-refractivity contribution in [3.05, 3.63) is 29.8 Å². The van der Waals surface area contributed by atoms with Crippen LogP contribution in [0.2, 0.25) is 39.3 Å². The molecule has 0 N–H and O–H groups in total. The Bertz CT molecular complexity index is 525. The molecule has 1 atom stereocenters. The lowest BCUT2D eigenvalue weighted by Gasteiger charge is -2.37. The average Bonchev–Trinajstić information content (AvgIpc) is 3.05. The fourth-order valence-corrected chi connectivity index (χ4v) is 21.9. The highest BCUT2D eigenvalue weighted by Crippen LogP contribution is 2.63. The minimum absolute atomic E-state index is 0.203. The van der Waals surface area contributed by atoms with Crippen molar-refractivity contribution in [3.8, 4) is 0 Å². The van der Waals surface area contributed by atoms with Gasteiger partial charge in [-0.15, -0.1) is 0 Å². The lowest BCUT2D eigenvalue weighted by Crippen LogP contribution is -2.51. The van der Waals surface area contributed by atoms with E-state index in [4.69, 9.17) is 4.76 Å². The fraction of sp³-hybridized carbons (Fsp3) is 0.562. The molecule has 0 bridgehead atoms. The van der Waals surface area contributed by atoms with Gasteiger partial charge in [-0.3, -0.25) is 4.76 Å². The van der Waals surface area contributed by atoms with Crippen LogP contribution < -0.4 is 4.90 Å². The summed E-state index contributed by atoms with van der Waals surface area (Å²) < 4.78 is 4.97. The molecule has 5 heteroatoms. The average molecular weight is 337 g/mol. The van der Waals surface area contributed by atoms with Crippen LogP contribution in [0.1, 0.15) is 5.56 Å². The maximum atomic E-state index is 4.97. The first-order valence-corrected chi connectivity index (χ1v) is 16.2. The molecular formula is C16H29N2PSi2. The van der Waals surface area contributed by atoms with Gasteiger partial charge in [0.15, 0.2) is 0 Å². The third-order valence-electron chi connectivity index (χ3n) is 3.91. The highest BCUT2D eigenvalue weighted by atomic mass is 31.1. The van der Waals surface area contributed by atoms with Gasteiger partial charge >= 0.3 is 0 Å². The van der Waals surface area contributed by atoms with Gasteiger partial charge in [0.05, 0.1) is 29.7 Å². The molecule has 0 aromatic heterocycles. The number of nitrogens with zero attached hydrogens (tertiary/aromatic N) is 2. The molecule has 2 rings (SSSR count). The largest absolute Gasteiger partial charge is 0.378 e. The standard InChI is InChI=1S/C16H29N2PSi2/c1-18(2)14-11-9-13(10-12-14)15-17-19(15)16(20(3,4)5)21(6,7)8/h9-12,16H,1-8H3. The normalized spacial score (nSPS) is 18.7. The van der Waals surface area contributed by atoms with Crippen LogP contribution in [0.5, 0.6) is 0 Å². The summed E-state index contributed by atoms with van der Waals surface area (Å²) in [5.41, 5.74) is 4.04. The molecule has 116 valence electrons. The van der Waals surface area contributed by atoms with E-state index in [-0.39, 0.29) is 8.07 Å². The SMILES string of the molecule is CN(C)c1ccc(C2=NP2C([Si](C)(C)C)[Si](C)(C)C)cc1. The highest BCUT2D eigenvalue weighted by molar-refractivity contribution is 7.87. The molecular weight excluding hydrogens is 307 g/mol. The first-order chi connectivity index (χ1) is 9.51. The predicted molar refractivity (Wildman–Crippen MR) is 105 cm³/mol. The number of anilines is 1. The van der Waals surface area contributed by atoms with Gasteiger partial charge < -0.3 is 4.90 Å². The van der Waals surface area contributed by atoms with E-state index >= 15 is 0 Å². The number of hydrogen-bond donors (Lipinski definition) is 0. The molecule has 1 aromatic rings. The Morgan fingerprint density at radius 1 is 0.905 bits per heavy atom. The summed E-state index contributed by atoms with van der Waals surface area (Å²) in [5, 5.41) is 0. The Hall–Kier alpha value is -0.446. The second-order valence-electron chi connectivity index (χ2n) is 8.34. The lowest BCUT2D eigenvalue weighted by molar-refractivity contribution is 1.13. The summed E-state index contributed by atoms with van der Waals surface area (Å²) in [4.78, 5) is 3.05. The number of hydrogen-bond acceptors (Lipinski definition) is 2. The number of rotatable bonds is 5. The van der Waals surface area contributed by atoms with Gasteiger partial charge in [-0.2, -0.15) is 0 Å². The van der Waals surface area contributed by atoms with Crippen molar-refractivity contribution in [3.63, 3.8) is 0 Å². The minimum atomic E-state index is -1.16. The third kappa shape index (κ3) is 3.85. The monoisotopic (exact) mass is 336 g/mol. The first kappa shape index (κ1) is 16.9. The van der Waals surface area contributed by atoms with Gasteiger partial charge in [-0.25, -0.2) is 0 Å². The van der Waals surface area contributed by atoms with Crippen LogP contribution in [-0.4, -0.2) is 40.6 Å². The zero-order valence-corrected chi connectivity index (χ0v) is 17.6. The molecule has 0 saturated carbocycles. The quantitative estimate of drug-likeness (QED) is 0.544. The maximum Gasteiger partial charge on any atom is 0.0921 e. The van der Waals surface area contributed by atoms with E-state index in [1.54, 1.807) is 0 Å². The van der Waals surface area contributed by atoms with Crippen LogP contribution in [0.25, 0.3) is 0 Å². The molecule has 0 amide bonds. The Labute approximate surface area is 133 Å². The molecule has 1 aliphatic rings. The third-order valence-corrected chi connectivity index (χ3v) is 20.0. The molecule has 0 fully saturated rings. The smallest absolute Gasteiger partial charge is 0.0921 e. The summed E-state index contributed by atoms with van der Waals surface area (Å²) in [5.74, 6) is 0. The Balaban J connectivity index is 2.17. The molecule has 1 aromatic carbocycles. The first-order valence-electron chi connectivity index (χ1n) is 7.67. The second kappa shape index (κ2) is 5.64. The highest BCUT2D eigenvalue weighted by Gasteiger charge is 2.49. The van der Waals surface area contributed by atoms with Crippen molar-refractivity contribution in [1.29, 1.82) is 0 Å². The topological polar surface area (TPSA) is 15.6 Å². The number of benzene rings is 1. The van der Waals surface area contributed by atoms with Crippen LogP contribution in [-0.2, 0) is 0 Å². The zero-order chi connectivity index (χ0) is 16.0. The molecule has 0 saturated heterocycles. The van der Waals surface area contributed by atoms with Crippen LogP contribution in [0.4, 0.5) is 5.69 Å². The maximum absolute atomic E-state index is 4.97. The van der Waals surface area contributed by atoms with Gasteiger partial charge in [0, 0.05) is 25.3 Å². The molecule has 1 unspecified atom stereocenters. The van der Waals surface area contributed by atoms with Crippen LogP contribution in [0.3, 0.4) is 0 Å². The molecule has 0 radical (unpaired) electrons. The van der Waals surface area contributed by atoms with Crippen LogP contribution in [0, 0.1) is 0 Å². The van der Waals surface area contributed by atoms with Crippen molar-refractivity contribution in [2.75, 3.05) is 19.0 Å². The van der Waals surface area contributed by atoms with Gasteiger partial charge in [-0.05, 0) is 17.0 Å². The van der Waals surface area contributed by atoms with Crippen molar-refractivity contribution in [2.45, 2.75) is 44.2 Å². The molecule has 0 aliphatic carbocycles. The van der Waals surface area contributed by atoms with Crippen molar-refractivity contribution >= 4 is 35.4 Å². The van der Waals surface area contributed by atoms with E-state index in [1.807, 2.05) is 0 Å². The Kier molecular flexibility index (Phi) is 4.54. The Morgan fingerprint density at radius 2 is 1.38 bits per heavy atom. The van der Waals surface area contributed by atoms with Crippen LogP contribution in [0.15, 0.2) is 29.0 Å². The van der Waals surface area contributed by atoms with Gasteiger partial charge in [0.1, 0.15) is 0 Å². The second-order valence-corrected chi connectivity index (χ2v) is 22.3. The molecule has 21 heavy (non-hydrogen) atoms. The fourth-order valence-electron chi connectivity index (χ4n) is 3.39. The van der Waals surface area contributed by atoms with Gasteiger partial charge in [0.25, 0.3) is 0 Å². The van der Waals surface area contributed by atoms with Crippen molar-refractivity contribution < 1.29 is 0 Å². The Morgan fingerprint density at radius 3 is 1.76 bits per heavy atom. The van der Waals surface area contributed by atoms with E-state index in [0.29, 0.717) is 0 Å². The molecule has 1 heterocycles. The van der Waals surface area contributed by atoms with Crippen LogP contribution >= 0.6 is 8.07 Å². The van der Waals surface area contributed by atoms with Gasteiger partial charge in [-0.1, -0.05) is 51.4 Å². The van der Waals surface area contributed by atoms with E-state index in [9.17, 15) is 0 Å². The lowest BCUT2D eigenvalue weighted by atomic mass is 10.2.